The van der Waals surface area contributed by atoms with E-state index in [1.54, 1.807) is 18.2 Å². The molecule has 0 spiro atoms. The summed E-state index contributed by atoms with van der Waals surface area (Å²) in [6, 6.07) is 5.26. The van der Waals surface area contributed by atoms with Crippen LogP contribution in [-0.4, -0.2) is 139 Å². The van der Waals surface area contributed by atoms with E-state index in [4.69, 9.17) is 38.6 Å². The second-order valence-corrected chi connectivity index (χ2v) is 17.6. The third kappa shape index (κ3) is 7.76. The zero-order chi connectivity index (χ0) is 39.8. The molecular formula is C41H46F3N6O6PSTl-. The van der Waals surface area contributed by atoms with Gasteiger partial charge in [-0.15, -0.1) is 0 Å². The molecule has 9 rings (SSSR count). The van der Waals surface area contributed by atoms with Gasteiger partial charge in [-0.3, -0.25) is 9.80 Å². The Balaban J connectivity index is 0.00000264. The van der Waals surface area contributed by atoms with Crippen LogP contribution in [0.3, 0.4) is 0 Å². The number of pyridine rings is 1. The molecule has 1 unspecified atom stereocenters. The molecule has 7 heterocycles. The van der Waals surface area contributed by atoms with E-state index in [0.29, 0.717) is 48.3 Å². The Hall–Kier alpha value is -3.37. The van der Waals surface area contributed by atoms with Gasteiger partial charge in [0.15, 0.2) is 0 Å². The van der Waals surface area contributed by atoms with Gasteiger partial charge >= 0.3 is 232 Å². The summed E-state index contributed by atoms with van der Waals surface area (Å²) in [4.78, 5) is 34.1. The normalized spacial score (nSPS) is 24.2. The summed E-state index contributed by atoms with van der Waals surface area (Å²) in [6.45, 7) is 7.17. The maximum Gasteiger partial charge on any atom is -0.153 e. The van der Waals surface area contributed by atoms with Crippen molar-refractivity contribution in [3.63, 3.8) is 0 Å². The summed E-state index contributed by atoms with van der Waals surface area (Å²) < 4.78 is 80.7. The number of amides is 1. The van der Waals surface area contributed by atoms with Crippen molar-refractivity contribution in [3.8, 4) is 38.3 Å². The number of halogens is 3. The molecule has 5 aliphatic rings. The number of hydrogen-bond donors (Lipinski definition) is 0. The summed E-state index contributed by atoms with van der Waals surface area (Å²) in [5.74, 6) is 2.38. The zero-order valence-corrected chi connectivity index (χ0v) is 40.2. The molecular weight excluding hydrogens is 997 g/mol. The molecule has 0 N–H and O–H groups in total. The van der Waals surface area contributed by atoms with E-state index in [0.717, 1.165) is 25.8 Å². The second-order valence-electron chi connectivity index (χ2n) is 16.5. The standard InChI is InChI=1S/C41H42F3N6O6.H3P.H2S.Tl/c1-6-26-28(43)10-8-22-14-25(55-21-52-5)15-27(31(22)26)34-33(44)35-32-36(47-38(46-35)54-20-41-12-7-13-48(41)17-23(42)16-41)49-18-24-9-11-29(30(49)19-53-37(32)45-34)50(24)39(51)56-40(2,3)4;;;/h8,10,14-15,23-24,29-30H,7,9,11-13,16-21H2,2-5H3;1H3;1H2;/p-1/t23-,24-,29+,30-,41-;;;/m0.../s1. The van der Waals surface area contributed by atoms with Crippen molar-refractivity contribution in [1.29, 1.82) is 0 Å². The number of alkyl halides is 1. The average molecular weight is 1040 g/mol. The number of carbonyl (C=O) groups is 1. The predicted molar refractivity (Wildman–Crippen MR) is 225 cm³/mol. The molecule has 1 amide bonds. The fourth-order valence-electron chi connectivity index (χ4n) is 9.56. The summed E-state index contributed by atoms with van der Waals surface area (Å²) in [5.41, 5.74) is -1.11. The number of fused-ring (bicyclic) bond motifs is 7. The van der Waals surface area contributed by atoms with Crippen LogP contribution in [0.1, 0.15) is 58.4 Å². The van der Waals surface area contributed by atoms with Gasteiger partial charge in [0.25, 0.3) is 0 Å². The van der Waals surface area contributed by atoms with Crippen molar-refractivity contribution in [2.24, 2.45) is 0 Å². The van der Waals surface area contributed by atoms with Crippen LogP contribution in [0.4, 0.5) is 23.8 Å². The molecule has 0 aliphatic carbocycles. The van der Waals surface area contributed by atoms with Crippen LogP contribution in [0.25, 0.3) is 32.9 Å². The number of ether oxygens (including phenoxy) is 5. The third-order valence-electron chi connectivity index (χ3n) is 11.8. The number of nitrogens with zero attached hydrogens (tertiary/aromatic N) is 6. The van der Waals surface area contributed by atoms with Crippen LogP contribution in [0.15, 0.2) is 24.3 Å². The molecule has 2 aromatic carbocycles. The summed E-state index contributed by atoms with van der Waals surface area (Å²) in [7, 11) is 1.49. The van der Waals surface area contributed by atoms with Crippen LogP contribution >= 0.6 is 9.90 Å². The number of benzene rings is 2. The Kier molecular flexibility index (Phi) is 12.5. The van der Waals surface area contributed by atoms with Gasteiger partial charge in [-0.25, -0.2) is 9.18 Å². The Morgan fingerprint density at radius 2 is 1.90 bits per heavy atom. The van der Waals surface area contributed by atoms with Crippen molar-refractivity contribution in [2.45, 2.75) is 88.3 Å². The fraction of sp³-hybridized carbons (Fsp3) is 0.512. The SMILES string of the molecule is COCOc1cc(-c2nc3c4c(nc(OC[C@@]56CCCN5C[C@@H](F)C6)nc4c2F)N2C[C@@H]4CC[C@H]([C@@H]2CO3)N4C(=O)OC(C)(C)C)c2c(C#[C][Tl])c(F)ccc2c1.P.[SH-]. The average Bonchev–Trinajstić information content (AvgIpc) is 3.78. The number of rotatable bonds is 7. The number of thiol groups is 1. The van der Waals surface area contributed by atoms with Crippen molar-refractivity contribution < 1.29 is 41.7 Å². The Bertz CT molecular complexity index is 2370. The molecule has 2 bridgehead atoms. The minimum absolute atomic E-state index is 0. The number of aromatic nitrogens is 3. The van der Waals surface area contributed by atoms with Gasteiger partial charge in [-0.1, -0.05) is 0 Å². The summed E-state index contributed by atoms with van der Waals surface area (Å²) >= 11 is 0.263. The first-order valence-corrected chi connectivity index (χ1v) is 21.6. The minimum Gasteiger partial charge on any atom is -0.813 e. The maximum atomic E-state index is 17.6. The molecule has 2 aromatic heterocycles. The van der Waals surface area contributed by atoms with Crippen LogP contribution in [-0.2, 0) is 23.0 Å². The van der Waals surface area contributed by atoms with Gasteiger partial charge in [0.2, 0.25) is 0 Å². The van der Waals surface area contributed by atoms with Crippen molar-refractivity contribution in [1.82, 2.24) is 24.8 Å². The Morgan fingerprint density at radius 3 is 2.66 bits per heavy atom. The summed E-state index contributed by atoms with van der Waals surface area (Å²) in [5, 5.41) is 1.17. The van der Waals surface area contributed by atoms with E-state index in [1.807, 2.05) is 25.7 Å². The first-order chi connectivity index (χ1) is 27.4. The largest absolute Gasteiger partial charge is 0.813 e. The molecule has 12 nitrogen and oxygen atoms in total. The molecule has 4 fully saturated rings. The molecule has 5 aliphatic heterocycles. The molecule has 4 saturated heterocycles. The van der Waals surface area contributed by atoms with Gasteiger partial charge in [-0.05, 0) is 53.0 Å². The van der Waals surface area contributed by atoms with Crippen molar-refractivity contribution >= 4 is 82.7 Å². The van der Waals surface area contributed by atoms with E-state index in [1.165, 1.54) is 13.2 Å². The van der Waals surface area contributed by atoms with Gasteiger partial charge in [0.1, 0.15) is 11.8 Å². The van der Waals surface area contributed by atoms with E-state index in [2.05, 4.69) is 19.2 Å². The smallest absolute Gasteiger partial charge is 0.153 e. The number of carbonyl (C=O) groups excluding carboxylic acids is 1. The van der Waals surface area contributed by atoms with E-state index in [9.17, 15) is 9.18 Å². The number of methoxy groups -OCH3 is 1. The molecule has 0 saturated carbocycles. The topological polar surface area (TPSA) is 112 Å². The van der Waals surface area contributed by atoms with Gasteiger partial charge < -0.3 is 18.2 Å². The zero-order valence-electron chi connectivity index (χ0n) is 33.4. The number of piperazine rings is 1. The van der Waals surface area contributed by atoms with Crippen LogP contribution in [0.5, 0.6) is 17.6 Å². The summed E-state index contributed by atoms with van der Waals surface area (Å²) in [6.07, 6.45) is 2.11. The van der Waals surface area contributed by atoms with E-state index in [-0.39, 0.29) is 121 Å². The quantitative estimate of drug-likeness (QED) is 0.0568. The molecule has 18 heteroatoms. The van der Waals surface area contributed by atoms with E-state index < -0.39 is 41.1 Å². The monoisotopic (exact) mass is 1040 g/mol. The Morgan fingerprint density at radius 1 is 1.08 bits per heavy atom. The predicted octanol–water partition coefficient (Wildman–Crippen LogP) is 5.68. The van der Waals surface area contributed by atoms with Gasteiger partial charge in [0, 0.05) is 13.0 Å². The molecule has 6 atom stereocenters. The molecule has 59 heavy (non-hydrogen) atoms. The van der Waals surface area contributed by atoms with E-state index >= 15 is 8.78 Å². The molecule has 0 radical (unpaired) electrons. The molecule has 312 valence electrons. The minimum atomic E-state index is -0.965. The van der Waals surface area contributed by atoms with Crippen molar-refractivity contribution in [3.05, 3.63) is 41.5 Å². The molecule has 4 aromatic rings. The third-order valence-corrected chi connectivity index (χ3v) is 12.4. The van der Waals surface area contributed by atoms with Crippen molar-refractivity contribution in [2.75, 3.05) is 51.7 Å². The van der Waals surface area contributed by atoms with Crippen LogP contribution < -0.4 is 19.1 Å². The number of hydrogen-bond acceptors (Lipinski definition) is 12. The van der Waals surface area contributed by atoms with Gasteiger partial charge in [-0.2, -0.15) is 9.90 Å². The van der Waals surface area contributed by atoms with Gasteiger partial charge in [0.05, 0.1) is 11.6 Å². The fourth-order valence-corrected chi connectivity index (χ4v) is 10.1. The first-order valence-electron chi connectivity index (χ1n) is 19.3. The Labute approximate surface area is 366 Å². The first kappa shape index (κ1) is 43.7. The van der Waals surface area contributed by atoms with Crippen LogP contribution in [0, 0.1) is 21.0 Å². The maximum absolute atomic E-state index is 17.6. The second kappa shape index (κ2) is 16.8. The number of anilines is 1. The van der Waals surface area contributed by atoms with Crippen LogP contribution in [0.2, 0.25) is 0 Å².